The van der Waals surface area contributed by atoms with E-state index < -0.39 is 109 Å². The minimum absolute atomic E-state index is 0.0127. The van der Waals surface area contributed by atoms with Gasteiger partial charge in [-0.3, -0.25) is 0 Å². The fourth-order valence-electron chi connectivity index (χ4n) is 7.15. The van der Waals surface area contributed by atoms with Crippen LogP contribution >= 0.6 is 0 Å². The van der Waals surface area contributed by atoms with E-state index in [1.807, 2.05) is 6.07 Å². The topological polar surface area (TPSA) is 0 Å². The van der Waals surface area contributed by atoms with Crippen molar-refractivity contribution in [2.75, 3.05) is 0 Å². The van der Waals surface area contributed by atoms with Gasteiger partial charge in [0.15, 0.2) is 0 Å². The molecule has 11 aromatic rings. The molecule has 0 heteroatoms. The molecule has 0 saturated heterocycles. The van der Waals surface area contributed by atoms with E-state index in [0.717, 1.165) is 0 Å². The third kappa shape index (κ3) is 3.55. The zero-order valence-electron chi connectivity index (χ0n) is 42.8. The maximum atomic E-state index is 9.57. The lowest BCUT2D eigenvalue weighted by Crippen LogP contribution is -1.92. The van der Waals surface area contributed by atoms with Gasteiger partial charge < -0.3 is 0 Å². The second kappa shape index (κ2) is 9.64. The Morgan fingerprint density at radius 2 is 0.750 bits per heavy atom. The molecule has 0 fully saturated rings. The Bertz CT molecular complexity index is 4030. The van der Waals surface area contributed by atoms with Crippen LogP contribution in [0.5, 0.6) is 0 Å². The Hall–Kier alpha value is -6.24. The van der Waals surface area contributed by atoms with Crippen molar-refractivity contribution in [2.45, 2.75) is 0 Å². The van der Waals surface area contributed by atoms with E-state index in [1.54, 1.807) is 54.6 Å². The minimum Gasteiger partial charge on any atom is -0.0616 e. The standard InChI is InChI=1S/C48H28/c1-2-12-37-35(7-1)27-36(28-44(37)41-24-20-34-18-16-30-9-6-11-32-22-26-43(41)48(34)46(30)32)38-13-3-4-14-39(38)40-23-19-33-17-15-29-8-5-10-31-21-25-42(40)47(33)45(29)31/h1-28H/i5D,6D,8D,9D,10D,11D,15D,16D,17D,18D,19D,20D,21D,22D,23D,24D,25D,26D. The molecule has 0 atom stereocenters. The number of rotatable bonds is 3. The van der Waals surface area contributed by atoms with Crippen molar-refractivity contribution in [3.63, 3.8) is 0 Å². The molecule has 220 valence electrons. The van der Waals surface area contributed by atoms with Gasteiger partial charge in [0.2, 0.25) is 0 Å². The van der Waals surface area contributed by atoms with Crippen molar-refractivity contribution < 1.29 is 24.7 Å². The summed E-state index contributed by atoms with van der Waals surface area (Å²) in [5.74, 6) is 0. The van der Waals surface area contributed by atoms with E-state index in [1.165, 1.54) is 0 Å². The molecule has 0 radical (unpaired) electrons. The second-order valence-corrected chi connectivity index (χ2v) is 11.8. The number of benzene rings is 11. The Morgan fingerprint density at radius 1 is 0.292 bits per heavy atom. The average Bonchev–Trinajstić information content (AvgIpc) is 3.30. The first-order valence-corrected chi connectivity index (χ1v) is 15.3. The quantitative estimate of drug-likeness (QED) is 0.172. The number of fused-ring (bicyclic) bond motifs is 1. The lowest BCUT2D eigenvalue weighted by Gasteiger charge is -2.19. The van der Waals surface area contributed by atoms with E-state index in [4.69, 9.17) is 13.7 Å². The number of hydrogen-bond acceptors (Lipinski definition) is 0. The molecule has 0 aliphatic rings. The second-order valence-electron chi connectivity index (χ2n) is 11.8. The third-order valence-corrected chi connectivity index (χ3v) is 9.26. The highest BCUT2D eigenvalue weighted by molar-refractivity contribution is 6.27. The van der Waals surface area contributed by atoms with Crippen molar-refractivity contribution >= 4 is 75.4 Å². The lowest BCUT2D eigenvalue weighted by molar-refractivity contribution is 1.61. The molecule has 0 aliphatic carbocycles. The average molecular weight is 623 g/mol. The van der Waals surface area contributed by atoms with Crippen LogP contribution in [0.1, 0.15) is 24.7 Å². The summed E-state index contributed by atoms with van der Waals surface area (Å²) in [5, 5.41) is 0.217. The molecule has 0 heterocycles. The highest BCUT2D eigenvalue weighted by atomic mass is 14.2. The molecule has 11 rings (SSSR count). The Kier molecular flexibility index (Phi) is 2.86. The summed E-state index contributed by atoms with van der Waals surface area (Å²) in [4.78, 5) is 0. The van der Waals surface area contributed by atoms with Crippen LogP contribution in [0, 0.1) is 0 Å². The molecular formula is C48H28. The molecule has 0 spiro atoms. The molecule has 0 N–H and O–H groups in total. The van der Waals surface area contributed by atoms with Gasteiger partial charge in [0.25, 0.3) is 0 Å². The molecule has 0 saturated carbocycles. The van der Waals surface area contributed by atoms with Crippen LogP contribution in [0.4, 0.5) is 0 Å². The van der Waals surface area contributed by atoms with Gasteiger partial charge in [-0.25, -0.2) is 0 Å². The monoisotopic (exact) mass is 622 g/mol. The fraction of sp³-hybridized carbons (Fsp3) is 0. The maximum absolute atomic E-state index is 9.57. The minimum atomic E-state index is -0.577. The van der Waals surface area contributed by atoms with Crippen LogP contribution in [-0.4, -0.2) is 0 Å². The Morgan fingerprint density at radius 3 is 1.35 bits per heavy atom. The van der Waals surface area contributed by atoms with Crippen LogP contribution in [0.15, 0.2) is 169 Å². The Balaban J connectivity index is 1.30. The summed E-state index contributed by atoms with van der Waals surface area (Å²) in [7, 11) is 0. The summed E-state index contributed by atoms with van der Waals surface area (Å²) in [6.07, 6.45) is 0. The van der Waals surface area contributed by atoms with Crippen molar-refractivity contribution in [1.29, 1.82) is 0 Å². The van der Waals surface area contributed by atoms with Crippen molar-refractivity contribution in [3.05, 3.63) is 169 Å². The predicted molar refractivity (Wildman–Crippen MR) is 208 cm³/mol. The highest BCUT2D eigenvalue weighted by Gasteiger charge is 2.18. The summed E-state index contributed by atoms with van der Waals surface area (Å²) in [5.41, 5.74) is 1.55. The van der Waals surface area contributed by atoms with Crippen molar-refractivity contribution in [1.82, 2.24) is 0 Å². The zero-order chi connectivity index (χ0) is 47.0. The predicted octanol–water partition coefficient (Wildman–Crippen LogP) is 13.6. The highest BCUT2D eigenvalue weighted by Crippen LogP contribution is 2.45. The molecular weight excluding hydrogens is 577 g/mol. The van der Waals surface area contributed by atoms with Crippen molar-refractivity contribution in [3.8, 4) is 33.4 Å². The van der Waals surface area contributed by atoms with E-state index in [2.05, 4.69) is 0 Å². The SMILES string of the molecule is [2H]c1c([2H])c2c([2H])c([2H])c3c([2H])c([2H])c(-c4ccccc4-c4cc(-c5c([2H])c([2H])c6c([2H])c([2H])c7c([2H])c([2H])c([2H])c8c([2H])c([2H])c5c6c78)c5ccccc5c4)c4c([2H])c([2H])c(c1[2H])c2c34. The van der Waals surface area contributed by atoms with Gasteiger partial charge in [0.1, 0.15) is 0 Å². The third-order valence-electron chi connectivity index (χ3n) is 9.26. The van der Waals surface area contributed by atoms with E-state index in [9.17, 15) is 11.0 Å². The molecule has 0 amide bonds. The molecule has 11 aromatic carbocycles. The molecule has 0 aromatic heterocycles. The molecule has 48 heavy (non-hydrogen) atoms. The summed E-state index contributed by atoms with van der Waals surface area (Å²) >= 11 is 0. The molecule has 0 bridgehead atoms. The van der Waals surface area contributed by atoms with Crippen LogP contribution in [0.25, 0.3) is 109 Å². The van der Waals surface area contributed by atoms with Crippen LogP contribution in [0.3, 0.4) is 0 Å². The van der Waals surface area contributed by atoms with Crippen molar-refractivity contribution in [2.24, 2.45) is 0 Å². The summed E-state index contributed by atoms with van der Waals surface area (Å²) in [6.45, 7) is 0. The maximum Gasteiger partial charge on any atom is 0.0630 e. The summed E-state index contributed by atoms with van der Waals surface area (Å²) in [6, 6.07) is 8.64. The van der Waals surface area contributed by atoms with Crippen LogP contribution in [0.2, 0.25) is 0 Å². The first-order chi connectivity index (χ1) is 31.3. The lowest BCUT2D eigenvalue weighted by atomic mass is 9.85. The largest absolute Gasteiger partial charge is 0.0630 e. The van der Waals surface area contributed by atoms with Gasteiger partial charge in [0.05, 0.1) is 24.7 Å². The molecule has 0 unspecified atom stereocenters. The molecule has 0 nitrogen and oxygen atoms in total. The summed E-state index contributed by atoms with van der Waals surface area (Å²) < 4.78 is 163. The van der Waals surface area contributed by atoms with Gasteiger partial charge in [-0.05, 0) is 121 Å². The first-order valence-electron chi connectivity index (χ1n) is 24.3. The van der Waals surface area contributed by atoms with Gasteiger partial charge in [0, 0.05) is 0 Å². The zero-order valence-corrected chi connectivity index (χ0v) is 24.8. The van der Waals surface area contributed by atoms with E-state index >= 15 is 0 Å². The smallest absolute Gasteiger partial charge is 0.0616 e. The normalized spacial score (nSPS) is 17.4. The Labute approximate surface area is 303 Å². The van der Waals surface area contributed by atoms with Gasteiger partial charge in [-0.1, -0.05) is 157 Å². The fourth-order valence-corrected chi connectivity index (χ4v) is 7.15. The first kappa shape index (κ1) is 14.3. The van der Waals surface area contributed by atoms with Crippen LogP contribution < -0.4 is 0 Å². The number of hydrogen-bond donors (Lipinski definition) is 0. The van der Waals surface area contributed by atoms with Gasteiger partial charge >= 0.3 is 0 Å². The van der Waals surface area contributed by atoms with E-state index in [-0.39, 0.29) is 75.8 Å². The molecule has 0 aliphatic heterocycles. The van der Waals surface area contributed by atoms with Gasteiger partial charge in [-0.15, -0.1) is 0 Å². The van der Waals surface area contributed by atoms with E-state index in [0.29, 0.717) is 33.0 Å². The van der Waals surface area contributed by atoms with Gasteiger partial charge in [-0.2, -0.15) is 0 Å². The van der Waals surface area contributed by atoms with Crippen LogP contribution in [-0.2, 0) is 0 Å².